The molecular formula is C14H14. The van der Waals surface area contributed by atoms with E-state index in [0.717, 1.165) is 11.1 Å². The Morgan fingerprint density at radius 1 is 0.714 bits per heavy atom. The Morgan fingerprint density at radius 3 is 1.86 bits per heavy atom. The highest BCUT2D eigenvalue weighted by Crippen LogP contribution is 2.19. The number of aryl methyl sites for hydroxylation is 1. The highest BCUT2D eigenvalue weighted by Gasteiger charge is 1.95. The van der Waals surface area contributed by atoms with Crippen molar-refractivity contribution in [3.63, 3.8) is 0 Å². The second-order valence-electron chi connectivity index (χ2n) is 3.37. The minimum absolute atomic E-state index is 0.0253. The molecule has 0 N–H and O–H groups in total. The molecule has 0 aliphatic rings. The van der Waals surface area contributed by atoms with Gasteiger partial charge < -0.3 is 0 Å². The molecule has 0 amide bonds. The Hall–Kier alpha value is -1.56. The molecule has 0 radical (unpaired) electrons. The van der Waals surface area contributed by atoms with Crippen LogP contribution in [0.25, 0.3) is 11.1 Å². The zero-order chi connectivity index (χ0) is 13.4. The molecule has 0 aromatic heterocycles. The van der Waals surface area contributed by atoms with E-state index >= 15 is 0 Å². The van der Waals surface area contributed by atoms with Crippen molar-refractivity contribution < 1.29 is 5.48 Å². The molecule has 0 aliphatic carbocycles. The van der Waals surface area contributed by atoms with Crippen LogP contribution in [0.1, 0.15) is 16.6 Å². The summed E-state index contributed by atoms with van der Waals surface area (Å²) in [5.41, 5.74) is 2.58. The van der Waals surface area contributed by atoms with Gasteiger partial charge in [-0.25, -0.2) is 0 Å². The Kier molecular flexibility index (Phi) is 1.40. The summed E-state index contributed by atoms with van der Waals surface area (Å²) in [7, 11) is 0. The third kappa shape index (κ3) is 1.85. The molecule has 0 unspecified atom stereocenters. The quantitative estimate of drug-likeness (QED) is 0.632. The number of benzene rings is 2. The topological polar surface area (TPSA) is 0 Å². The first kappa shape index (κ1) is 5.35. The van der Waals surface area contributed by atoms with Crippen LogP contribution in [0.4, 0.5) is 0 Å². The summed E-state index contributed by atoms with van der Waals surface area (Å²) in [4.78, 5) is 0. The summed E-state index contributed by atoms with van der Waals surface area (Å²) >= 11 is 0. The van der Waals surface area contributed by atoms with E-state index in [0.29, 0.717) is 11.1 Å². The maximum absolute atomic E-state index is 7.97. The van der Waals surface area contributed by atoms with E-state index in [2.05, 4.69) is 0 Å². The van der Waals surface area contributed by atoms with Crippen molar-refractivity contribution >= 4 is 0 Å². The van der Waals surface area contributed by atoms with Crippen LogP contribution in [-0.2, 0) is 0 Å². The fraction of sp³-hybridized carbons (Fsp3) is 0.143. The average Bonchev–Trinajstić information content (AvgIpc) is 2.36. The lowest BCUT2D eigenvalue weighted by molar-refractivity contribution is 1.45. The molecule has 0 bridgehead atoms. The zero-order valence-corrected chi connectivity index (χ0v) is 8.31. The minimum atomic E-state index is 0.0253. The predicted molar refractivity (Wildman–Crippen MR) is 61.4 cm³/mol. The highest BCUT2D eigenvalue weighted by atomic mass is 14.0. The van der Waals surface area contributed by atoms with Crippen molar-refractivity contribution in [2.24, 2.45) is 0 Å². The molecule has 2 aromatic carbocycles. The molecule has 0 heteroatoms. The maximum Gasteiger partial charge on any atom is 0.0629 e. The lowest BCUT2D eigenvalue weighted by Gasteiger charge is -2.02. The molecule has 14 heavy (non-hydrogen) atoms. The zero-order valence-electron chi connectivity index (χ0n) is 12.3. The summed E-state index contributed by atoms with van der Waals surface area (Å²) in [5.74, 6) is 0. The highest BCUT2D eigenvalue weighted by molar-refractivity contribution is 5.63. The van der Waals surface area contributed by atoms with Gasteiger partial charge in [0.2, 0.25) is 0 Å². The first-order valence-electron chi connectivity index (χ1n) is 6.57. The van der Waals surface area contributed by atoms with Crippen LogP contribution in [0.2, 0.25) is 0 Å². The molecule has 2 aromatic rings. The van der Waals surface area contributed by atoms with Gasteiger partial charge in [-0.15, -0.1) is 0 Å². The standard InChI is InChI=1S/C14H14/c1-11-3-7-13(8-4-11)14-9-5-12(2)6-10-14/h3-10H,1-2H3/i3D,4D,7D,8D. The molecule has 0 spiro atoms. The minimum Gasteiger partial charge on any atom is -0.0587 e. The van der Waals surface area contributed by atoms with Crippen molar-refractivity contribution in [3.05, 3.63) is 59.6 Å². The summed E-state index contributed by atoms with van der Waals surface area (Å²) in [5, 5.41) is 0. The average molecular weight is 186 g/mol. The SMILES string of the molecule is [2H]c1c([2H])c(-c2ccc(C)cc2)c([2H])c([2H])c1C. The van der Waals surface area contributed by atoms with Gasteiger partial charge in [-0.2, -0.15) is 0 Å². The molecule has 2 rings (SSSR count). The van der Waals surface area contributed by atoms with Gasteiger partial charge in [0.05, 0.1) is 5.48 Å². The van der Waals surface area contributed by atoms with Crippen LogP contribution in [0.5, 0.6) is 0 Å². The third-order valence-electron chi connectivity index (χ3n) is 2.09. The monoisotopic (exact) mass is 186 g/mol. The van der Waals surface area contributed by atoms with Crippen molar-refractivity contribution in [1.29, 1.82) is 0 Å². The first-order valence-corrected chi connectivity index (χ1v) is 4.57. The van der Waals surface area contributed by atoms with Gasteiger partial charge >= 0.3 is 0 Å². The number of hydrogen-bond donors (Lipinski definition) is 0. The predicted octanol–water partition coefficient (Wildman–Crippen LogP) is 3.97. The maximum atomic E-state index is 7.97. The van der Waals surface area contributed by atoms with Gasteiger partial charge in [-0.3, -0.25) is 0 Å². The first-order chi connectivity index (χ1) is 8.43. The van der Waals surface area contributed by atoms with Crippen LogP contribution in [0, 0.1) is 13.8 Å². The molecule has 0 saturated heterocycles. The van der Waals surface area contributed by atoms with Gasteiger partial charge in [0.15, 0.2) is 0 Å². The van der Waals surface area contributed by atoms with Crippen LogP contribution in [0.3, 0.4) is 0 Å². The van der Waals surface area contributed by atoms with Crippen LogP contribution >= 0.6 is 0 Å². The van der Waals surface area contributed by atoms with Crippen molar-refractivity contribution in [1.82, 2.24) is 0 Å². The lowest BCUT2D eigenvalue weighted by atomic mass is 10.0. The number of hydrogen-bond acceptors (Lipinski definition) is 0. The number of rotatable bonds is 1. The van der Waals surface area contributed by atoms with E-state index in [9.17, 15) is 0 Å². The summed E-state index contributed by atoms with van der Waals surface area (Å²) in [6, 6.07) is 7.58. The van der Waals surface area contributed by atoms with Gasteiger partial charge in [-0.1, -0.05) is 59.6 Å². The molecule has 0 fully saturated rings. The Balaban J connectivity index is 2.75. The fourth-order valence-electron chi connectivity index (χ4n) is 1.24. The molecule has 0 atom stereocenters. The van der Waals surface area contributed by atoms with E-state index in [1.54, 1.807) is 6.92 Å². The molecular weight excluding hydrogens is 168 g/mol. The van der Waals surface area contributed by atoms with Crippen LogP contribution < -0.4 is 0 Å². The molecule has 0 saturated carbocycles. The summed E-state index contributed by atoms with van der Waals surface area (Å²) in [6.07, 6.45) is 0. The second kappa shape index (κ2) is 3.67. The van der Waals surface area contributed by atoms with Gasteiger partial charge in [0.1, 0.15) is 0 Å². The molecule has 0 aliphatic heterocycles. The van der Waals surface area contributed by atoms with Gasteiger partial charge in [0, 0.05) is 0 Å². The lowest BCUT2D eigenvalue weighted by Crippen LogP contribution is -1.78. The smallest absolute Gasteiger partial charge is 0.0587 e. The van der Waals surface area contributed by atoms with E-state index in [1.807, 2.05) is 31.2 Å². The van der Waals surface area contributed by atoms with Crippen molar-refractivity contribution in [2.45, 2.75) is 13.8 Å². The van der Waals surface area contributed by atoms with Crippen molar-refractivity contribution in [3.8, 4) is 11.1 Å². The molecule has 0 heterocycles. The Bertz CT molecular complexity index is 571. The fourth-order valence-corrected chi connectivity index (χ4v) is 1.24. The second-order valence-corrected chi connectivity index (χ2v) is 3.37. The Labute approximate surface area is 90.8 Å². The van der Waals surface area contributed by atoms with E-state index < -0.39 is 0 Å². The molecule has 0 nitrogen and oxygen atoms in total. The largest absolute Gasteiger partial charge is 0.0629 e. The van der Waals surface area contributed by atoms with E-state index in [4.69, 9.17) is 5.48 Å². The van der Waals surface area contributed by atoms with Crippen LogP contribution in [-0.4, -0.2) is 0 Å². The van der Waals surface area contributed by atoms with Gasteiger partial charge in [0.25, 0.3) is 0 Å². The van der Waals surface area contributed by atoms with Crippen LogP contribution in [0.15, 0.2) is 48.4 Å². The molecule has 70 valence electrons. The van der Waals surface area contributed by atoms with E-state index in [-0.39, 0.29) is 24.2 Å². The third-order valence-corrected chi connectivity index (χ3v) is 2.09. The summed E-state index contributed by atoms with van der Waals surface area (Å²) < 4.78 is 31.6. The normalized spacial score (nSPS) is 14.1. The van der Waals surface area contributed by atoms with Gasteiger partial charge in [-0.05, 0) is 25.0 Å². The summed E-state index contributed by atoms with van der Waals surface area (Å²) in [6.45, 7) is 3.58. The van der Waals surface area contributed by atoms with E-state index in [1.165, 1.54) is 0 Å². The Morgan fingerprint density at radius 2 is 1.29 bits per heavy atom. The van der Waals surface area contributed by atoms with Crippen molar-refractivity contribution in [2.75, 3.05) is 0 Å².